The molecule has 9 nitrogen and oxygen atoms in total. The smallest absolute Gasteiger partial charge is 0.260 e. The van der Waals surface area contributed by atoms with Gasteiger partial charge in [-0.15, -0.1) is 0 Å². The number of aryl methyl sites for hydroxylation is 1. The van der Waals surface area contributed by atoms with E-state index >= 15 is 0 Å². The van der Waals surface area contributed by atoms with Gasteiger partial charge in [-0.3, -0.25) is 25.4 Å². The highest BCUT2D eigenvalue weighted by Crippen LogP contribution is 2.22. The molecule has 4 heterocycles. The Bertz CT molecular complexity index is 1270. The summed E-state index contributed by atoms with van der Waals surface area (Å²) >= 11 is 0. The van der Waals surface area contributed by atoms with Crippen LogP contribution in [0.25, 0.3) is 22.2 Å². The largest absolute Gasteiger partial charge is 0.356 e. The van der Waals surface area contributed by atoms with Gasteiger partial charge in [0.2, 0.25) is 0 Å². The Morgan fingerprint density at radius 2 is 2.14 bits per heavy atom. The van der Waals surface area contributed by atoms with Crippen molar-refractivity contribution in [2.75, 3.05) is 5.43 Å². The Balaban J connectivity index is 1.43. The van der Waals surface area contributed by atoms with Crippen LogP contribution in [0, 0.1) is 12.7 Å². The second kappa shape index (κ2) is 7.50. The molecule has 29 heavy (non-hydrogen) atoms. The van der Waals surface area contributed by atoms with Gasteiger partial charge in [-0.1, -0.05) is 5.16 Å². The number of fused-ring (bicyclic) bond motifs is 1. The maximum Gasteiger partial charge on any atom is 0.260 e. The van der Waals surface area contributed by atoms with Crippen molar-refractivity contribution in [2.45, 2.75) is 13.5 Å². The highest BCUT2D eigenvalue weighted by molar-refractivity contribution is 5.79. The van der Waals surface area contributed by atoms with Crippen molar-refractivity contribution in [1.82, 2.24) is 25.1 Å². The van der Waals surface area contributed by atoms with Crippen LogP contribution in [0.2, 0.25) is 0 Å². The topological polar surface area (TPSA) is 115 Å². The molecule has 146 valence electrons. The number of rotatable bonds is 5. The summed E-state index contributed by atoms with van der Waals surface area (Å²) < 4.78 is 20.6. The summed E-state index contributed by atoms with van der Waals surface area (Å²) in [6, 6.07) is 7.79. The fourth-order valence-electron chi connectivity index (χ4n) is 2.73. The molecule has 0 spiro atoms. The van der Waals surface area contributed by atoms with Crippen molar-refractivity contribution in [3.05, 3.63) is 70.8 Å². The number of halogens is 1. The SMILES string of the molecule is Cc1cc(-c2cnc(NNC(=O)Cn3ccc4ncccc4c3=O)c(F)c2)on1. The molecule has 1 amide bonds. The number of amides is 1. The second-order valence-electron chi connectivity index (χ2n) is 6.25. The van der Waals surface area contributed by atoms with Gasteiger partial charge in [-0.2, -0.15) is 0 Å². The van der Waals surface area contributed by atoms with Crippen LogP contribution in [0.15, 0.2) is 58.2 Å². The number of aromatic nitrogens is 4. The number of pyridine rings is 3. The van der Waals surface area contributed by atoms with Crippen LogP contribution in [0.4, 0.5) is 10.2 Å². The first kappa shape index (κ1) is 18.3. The first-order valence-electron chi connectivity index (χ1n) is 8.59. The van der Waals surface area contributed by atoms with Crippen molar-refractivity contribution in [1.29, 1.82) is 0 Å². The molecule has 0 radical (unpaired) electrons. The van der Waals surface area contributed by atoms with E-state index in [0.717, 1.165) is 0 Å². The first-order chi connectivity index (χ1) is 14.0. The third kappa shape index (κ3) is 3.81. The standard InChI is InChI=1S/C19H15FN6O3/c1-11-7-16(29-25-11)12-8-14(20)18(22-9-12)24-23-17(27)10-26-6-4-15-13(19(26)28)3-2-5-21-15/h2-9H,10H2,1H3,(H,22,24)(H,23,27). The predicted octanol–water partition coefficient (Wildman–Crippen LogP) is 2.04. The van der Waals surface area contributed by atoms with Gasteiger partial charge in [0.25, 0.3) is 11.5 Å². The maximum absolute atomic E-state index is 14.3. The van der Waals surface area contributed by atoms with Crippen LogP contribution >= 0.6 is 0 Å². The lowest BCUT2D eigenvalue weighted by Crippen LogP contribution is -2.36. The van der Waals surface area contributed by atoms with Gasteiger partial charge in [0.1, 0.15) is 6.54 Å². The Kier molecular flexibility index (Phi) is 4.73. The normalized spacial score (nSPS) is 10.8. The Morgan fingerprint density at radius 1 is 1.28 bits per heavy atom. The molecule has 0 saturated carbocycles. The minimum atomic E-state index is -0.689. The van der Waals surface area contributed by atoms with Gasteiger partial charge in [0, 0.05) is 30.2 Å². The fraction of sp³-hybridized carbons (Fsp3) is 0.105. The lowest BCUT2D eigenvalue weighted by Gasteiger charge is -2.10. The summed E-state index contributed by atoms with van der Waals surface area (Å²) in [6.45, 7) is 1.49. The van der Waals surface area contributed by atoms with Gasteiger partial charge in [-0.25, -0.2) is 9.37 Å². The summed E-state index contributed by atoms with van der Waals surface area (Å²) in [6.07, 6.45) is 4.45. The molecule has 10 heteroatoms. The van der Waals surface area contributed by atoms with Crippen molar-refractivity contribution < 1.29 is 13.7 Å². The zero-order valence-electron chi connectivity index (χ0n) is 15.2. The quantitative estimate of drug-likeness (QED) is 0.498. The fourth-order valence-corrected chi connectivity index (χ4v) is 2.73. The van der Waals surface area contributed by atoms with Crippen LogP contribution in [0.1, 0.15) is 5.69 Å². The van der Waals surface area contributed by atoms with E-state index in [1.807, 2.05) is 0 Å². The van der Waals surface area contributed by atoms with Crippen molar-refractivity contribution >= 4 is 22.6 Å². The molecule has 0 atom stereocenters. The second-order valence-corrected chi connectivity index (χ2v) is 6.25. The average Bonchev–Trinajstić information content (AvgIpc) is 3.16. The number of hydrazine groups is 1. The van der Waals surface area contributed by atoms with Crippen molar-refractivity contribution in [2.24, 2.45) is 0 Å². The van der Waals surface area contributed by atoms with Gasteiger partial charge in [-0.05, 0) is 31.2 Å². The molecule has 0 aliphatic heterocycles. The number of carbonyl (C=O) groups excluding carboxylic acids is 1. The summed E-state index contributed by atoms with van der Waals surface area (Å²) in [4.78, 5) is 32.6. The molecule has 0 saturated heterocycles. The highest BCUT2D eigenvalue weighted by Gasteiger charge is 2.12. The van der Waals surface area contributed by atoms with Gasteiger partial charge in [0.15, 0.2) is 17.4 Å². The monoisotopic (exact) mass is 394 g/mol. The van der Waals surface area contributed by atoms with Crippen LogP contribution in [-0.2, 0) is 11.3 Å². The third-order valence-electron chi connectivity index (χ3n) is 4.13. The summed E-state index contributed by atoms with van der Waals surface area (Å²) in [5, 5.41) is 4.15. The molecule has 0 fully saturated rings. The van der Waals surface area contributed by atoms with Crippen molar-refractivity contribution in [3.63, 3.8) is 0 Å². The number of hydrogen-bond acceptors (Lipinski definition) is 7. The van der Waals surface area contributed by atoms with Gasteiger partial charge in [0.05, 0.1) is 16.6 Å². The van der Waals surface area contributed by atoms with E-state index in [-0.39, 0.29) is 17.9 Å². The lowest BCUT2D eigenvalue weighted by molar-refractivity contribution is -0.121. The average molecular weight is 394 g/mol. The zero-order chi connectivity index (χ0) is 20.4. The van der Waals surface area contributed by atoms with Gasteiger partial charge < -0.3 is 9.09 Å². The zero-order valence-corrected chi connectivity index (χ0v) is 15.2. The molecule has 0 unspecified atom stereocenters. The molecule has 0 aliphatic rings. The third-order valence-corrected chi connectivity index (χ3v) is 4.13. The van der Waals surface area contributed by atoms with Crippen LogP contribution < -0.4 is 16.4 Å². The summed E-state index contributed by atoms with van der Waals surface area (Å²) in [7, 11) is 0. The molecule has 4 aromatic heterocycles. The maximum atomic E-state index is 14.3. The van der Waals surface area contributed by atoms with E-state index in [1.165, 1.54) is 23.0 Å². The molecular weight excluding hydrogens is 379 g/mol. The van der Waals surface area contributed by atoms with E-state index in [9.17, 15) is 14.0 Å². The van der Waals surface area contributed by atoms with Crippen molar-refractivity contribution in [3.8, 4) is 11.3 Å². The predicted molar refractivity (Wildman–Crippen MR) is 102 cm³/mol. The lowest BCUT2D eigenvalue weighted by atomic mass is 10.2. The molecular formula is C19H15FN6O3. The Hall–Kier alpha value is -4.08. The van der Waals surface area contributed by atoms with Crippen LogP contribution in [0.3, 0.4) is 0 Å². The summed E-state index contributed by atoms with van der Waals surface area (Å²) in [5.74, 6) is -1.03. The highest BCUT2D eigenvalue weighted by atomic mass is 19.1. The number of nitrogens with one attached hydrogen (secondary N) is 2. The number of anilines is 1. The number of carbonyl (C=O) groups is 1. The first-order valence-corrected chi connectivity index (χ1v) is 8.59. The molecule has 0 aromatic carbocycles. The molecule has 4 aromatic rings. The molecule has 0 aliphatic carbocycles. The summed E-state index contributed by atoms with van der Waals surface area (Å²) in [5.41, 5.74) is 6.01. The van der Waals surface area contributed by atoms with Crippen LogP contribution in [0.5, 0.6) is 0 Å². The molecule has 4 rings (SSSR count). The minimum absolute atomic E-state index is 0.173. The van der Waals surface area contributed by atoms with E-state index in [0.29, 0.717) is 27.9 Å². The minimum Gasteiger partial charge on any atom is -0.356 e. The van der Waals surface area contributed by atoms with E-state index in [2.05, 4.69) is 26.0 Å². The Labute approximate surface area is 163 Å². The van der Waals surface area contributed by atoms with E-state index in [1.54, 1.807) is 37.4 Å². The molecule has 0 bridgehead atoms. The van der Waals surface area contributed by atoms with E-state index in [4.69, 9.17) is 4.52 Å². The van der Waals surface area contributed by atoms with Crippen LogP contribution in [-0.4, -0.2) is 25.6 Å². The Morgan fingerprint density at radius 3 is 2.90 bits per heavy atom. The molecule has 2 N–H and O–H groups in total. The number of nitrogens with zero attached hydrogens (tertiary/aromatic N) is 4. The van der Waals surface area contributed by atoms with E-state index < -0.39 is 11.7 Å². The number of hydrogen-bond donors (Lipinski definition) is 2. The van der Waals surface area contributed by atoms with Gasteiger partial charge >= 0.3 is 0 Å².